The molecule has 0 atom stereocenters. The molecule has 4 aromatic rings. The third-order valence-corrected chi connectivity index (χ3v) is 7.58. The van der Waals surface area contributed by atoms with Crippen molar-refractivity contribution in [2.45, 2.75) is 18.9 Å². The van der Waals surface area contributed by atoms with E-state index in [1.807, 2.05) is 42.5 Å². The Labute approximate surface area is 245 Å². The summed E-state index contributed by atoms with van der Waals surface area (Å²) in [5, 5.41) is 12.1. The van der Waals surface area contributed by atoms with Gasteiger partial charge in [0.2, 0.25) is 11.9 Å². The number of benzene rings is 3. The fourth-order valence-electron chi connectivity index (χ4n) is 5.04. The van der Waals surface area contributed by atoms with E-state index in [-0.39, 0.29) is 5.91 Å². The largest absolute Gasteiger partial charge is 0.494 e. The normalized spacial score (nSPS) is 13.7. The lowest BCUT2D eigenvalue weighted by Crippen LogP contribution is -2.42. The van der Waals surface area contributed by atoms with Crippen LogP contribution in [0.2, 0.25) is 5.02 Å². The number of carbonyl (C=O) groups is 1. The molecule has 0 spiro atoms. The first kappa shape index (κ1) is 28.2. The van der Waals surface area contributed by atoms with Crippen LogP contribution in [0.1, 0.15) is 12.8 Å². The van der Waals surface area contributed by atoms with E-state index in [9.17, 15) is 4.79 Å². The molecule has 2 heterocycles. The van der Waals surface area contributed by atoms with Crippen LogP contribution in [0.15, 0.2) is 73.4 Å². The van der Waals surface area contributed by atoms with Crippen molar-refractivity contribution in [2.24, 2.45) is 0 Å². The Morgan fingerprint density at radius 2 is 1.83 bits per heavy atom. The van der Waals surface area contributed by atoms with Gasteiger partial charge in [-0.05, 0) is 62.0 Å². The predicted molar refractivity (Wildman–Crippen MR) is 168 cm³/mol. The molecule has 0 radical (unpaired) electrons. The van der Waals surface area contributed by atoms with Gasteiger partial charge in [-0.1, -0.05) is 48.5 Å². The smallest absolute Gasteiger partial charge is 0.247 e. The molecule has 0 saturated carbocycles. The number of nitrogens with zero attached hydrogens (tertiary/aromatic N) is 4. The SMILES string of the molecule is C=CC(=O)Nc1cc(Nc2ncc(Cl)c(Nc3ccc4ccccc4c3)n2)c(OC)cc1N1CCC(N(C)C)CC1. The highest BCUT2D eigenvalue weighted by Gasteiger charge is 2.24. The molecule has 9 nitrogen and oxygen atoms in total. The van der Waals surface area contributed by atoms with Crippen LogP contribution in [-0.2, 0) is 4.79 Å². The van der Waals surface area contributed by atoms with Gasteiger partial charge in [-0.2, -0.15) is 4.98 Å². The summed E-state index contributed by atoms with van der Waals surface area (Å²) in [6.45, 7) is 5.33. The van der Waals surface area contributed by atoms with Gasteiger partial charge in [0.25, 0.3) is 0 Å². The van der Waals surface area contributed by atoms with Crippen molar-refractivity contribution in [1.29, 1.82) is 0 Å². The Balaban J connectivity index is 1.43. The lowest BCUT2D eigenvalue weighted by atomic mass is 10.0. The number of carbonyl (C=O) groups excluding carboxylic acids is 1. The number of piperidine rings is 1. The predicted octanol–water partition coefficient (Wildman–Crippen LogP) is 6.43. The van der Waals surface area contributed by atoms with Crippen molar-refractivity contribution in [2.75, 3.05) is 55.1 Å². The number of ether oxygens (including phenoxy) is 1. The Morgan fingerprint density at radius 1 is 1.07 bits per heavy atom. The molecule has 1 saturated heterocycles. The molecule has 1 aliphatic rings. The highest BCUT2D eigenvalue weighted by Crippen LogP contribution is 2.39. The highest BCUT2D eigenvalue weighted by atomic mass is 35.5. The summed E-state index contributed by atoms with van der Waals surface area (Å²) in [6.07, 6.45) is 4.84. The molecule has 1 fully saturated rings. The zero-order valence-corrected chi connectivity index (χ0v) is 24.2. The van der Waals surface area contributed by atoms with E-state index in [2.05, 4.69) is 68.5 Å². The molecule has 1 amide bonds. The van der Waals surface area contributed by atoms with Crippen LogP contribution in [0.5, 0.6) is 5.75 Å². The molecule has 1 aromatic heterocycles. The second-order valence-electron chi connectivity index (χ2n) is 10.1. The first-order valence-corrected chi connectivity index (χ1v) is 13.8. The molecule has 1 aliphatic heterocycles. The van der Waals surface area contributed by atoms with Crippen LogP contribution in [0.4, 0.5) is 34.5 Å². The van der Waals surface area contributed by atoms with E-state index in [1.54, 1.807) is 7.11 Å². The van der Waals surface area contributed by atoms with Gasteiger partial charge < -0.3 is 30.5 Å². The van der Waals surface area contributed by atoms with E-state index in [0.717, 1.165) is 48.1 Å². The monoisotopic (exact) mass is 571 g/mol. The lowest BCUT2D eigenvalue weighted by Gasteiger charge is -2.37. The number of methoxy groups -OCH3 is 1. The van der Waals surface area contributed by atoms with E-state index in [4.69, 9.17) is 16.3 Å². The van der Waals surface area contributed by atoms with Gasteiger partial charge in [-0.25, -0.2) is 4.98 Å². The molecule has 3 N–H and O–H groups in total. The Kier molecular flexibility index (Phi) is 8.56. The molecular formula is C31H34ClN7O2. The number of rotatable bonds is 9. The maximum Gasteiger partial charge on any atom is 0.247 e. The summed E-state index contributed by atoms with van der Waals surface area (Å²) in [5.41, 5.74) is 2.97. The third kappa shape index (κ3) is 6.53. The summed E-state index contributed by atoms with van der Waals surface area (Å²) >= 11 is 6.46. The minimum atomic E-state index is -0.296. The van der Waals surface area contributed by atoms with Gasteiger partial charge in [-0.3, -0.25) is 4.79 Å². The number of halogens is 1. The van der Waals surface area contributed by atoms with E-state index >= 15 is 0 Å². The van der Waals surface area contributed by atoms with Crippen LogP contribution in [0, 0.1) is 0 Å². The van der Waals surface area contributed by atoms with E-state index in [0.29, 0.717) is 40.0 Å². The molecule has 41 heavy (non-hydrogen) atoms. The molecule has 0 unspecified atom stereocenters. The van der Waals surface area contributed by atoms with Crippen molar-refractivity contribution >= 4 is 62.8 Å². The second kappa shape index (κ2) is 12.4. The molecule has 5 rings (SSSR count). The second-order valence-corrected chi connectivity index (χ2v) is 10.6. The van der Waals surface area contributed by atoms with Crippen LogP contribution in [-0.4, -0.2) is 61.1 Å². The summed E-state index contributed by atoms with van der Waals surface area (Å²) in [5.74, 6) is 1.07. The van der Waals surface area contributed by atoms with E-state index < -0.39 is 0 Å². The van der Waals surface area contributed by atoms with Crippen molar-refractivity contribution in [3.05, 3.63) is 78.5 Å². The average molecular weight is 572 g/mol. The number of aromatic nitrogens is 2. The van der Waals surface area contributed by atoms with Gasteiger partial charge in [0.15, 0.2) is 5.82 Å². The topological polar surface area (TPSA) is 94.6 Å². The Hall–Kier alpha value is -4.34. The number of nitrogens with one attached hydrogen (secondary N) is 3. The maximum atomic E-state index is 12.4. The number of anilines is 6. The van der Waals surface area contributed by atoms with Crippen molar-refractivity contribution in [1.82, 2.24) is 14.9 Å². The third-order valence-electron chi connectivity index (χ3n) is 7.30. The molecule has 212 valence electrons. The molecule has 0 bridgehead atoms. The maximum absolute atomic E-state index is 12.4. The number of hydrogen-bond donors (Lipinski definition) is 3. The van der Waals surface area contributed by atoms with Crippen molar-refractivity contribution in [3.8, 4) is 5.75 Å². The average Bonchev–Trinajstić information content (AvgIpc) is 2.99. The summed E-state index contributed by atoms with van der Waals surface area (Å²) in [6, 6.07) is 18.5. The summed E-state index contributed by atoms with van der Waals surface area (Å²) < 4.78 is 5.76. The highest BCUT2D eigenvalue weighted by molar-refractivity contribution is 6.33. The van der Waals surface area contributed by atoms with Gasteiger partial charge in [0.1, 0.15) is 10.8 Å². The fourth-order valence-corrected chi connectivity index (χ4v) is 5.18. The summed E-state index contributed by atoms with van der Waals surface area (Å²) in [4.78, 5) is 25.9. The molecule has 3 aromatic carbocycles. The zero-order chi connectivity index (χ0) is 28.9. The van der Waals surface area contributed by atoms with Crippen molar-refractivity contribution in [3.63, 3.8) is 0 Å². The van der Waals surface area contributed by atoms with Gasteiger partial charge in [-0.15, -0.1) is 0 Å². The van der Waals surface area contributed by atoms with Crippen molar-refractivity contribution < 1.29 is 9.53 Å². The minimum Gasteiger partial charge on any atom is -0.494 e. The van der Waals surface area contributed by atoms with Gasteiger partial charge in [0.05, 0.1) is 30.4 Å². The molecular weight excluding hydrogens is 538 g/mol. The first-order chi connectivity index (χ1) is 19.8. The van der Waals surface area contributed by atoms with Gasteiger partial charge in [0, 0.05) is 30.9 Å². The van der Waals surface area contributed by atoms with Crippen LogP contribution < -0.4 is 25.6 Å². The Bertz CT molecular complexity index is 1570. The standard InChI is InChI=1S/C31H34ClN7O2/c1-5-29(40)35-25-17-26(28(41-4)18-27(25)39-14-12-23(13-15-39)38(2)3)36-31-33-19-24(32)30(37-31)34-22-11-10-20-8-6-7-9-21(20)16-22/h5-11,16-19,23H,1,12-15H2,2-4H3,(H,35,40)(H2,33,34,36,37). The fraction of sp³-hybridized carbons (Fsp3) is 0.258. The van der Waals surface area contributed by atoms with E-state index in [1.165, 1.54) is 12.3 Å². The lowest BCUT2D eigenvalue weighted by molar-refractivity contribution is -0.111. The number of fused-ring (bicyclic) bond motifs is 1. The number of amides is 1. The van der Waals surface area contributed by atoms with Crippen LogP contribution in [0.3, 0.4) is 0 Å². The number of hydrogen-bond acceptors (Lipinski definition) is 8. The minimum absolute atomic E-state index is 0.296. The Morgan fingerprint density at radius 3 is 2.54 bits per heavy atom. The quantitative estimate of drug-likeness (QED) is 0.198. The first-order valence-electron chi connectivity index (χ1n) is 13.5. The summed E-state index contributed by atoms with van der Waals surface area (Å²) in [7, 11) is 5.84. The van der Waals surface area contributed by atoms with Gasteiger partial charge >= 0.3 is 0 Å². The molecule has 10 heteroatoms. The van der Waals surface area contributed by atoms with Crippen LogP contribution >= 0.6 is 11.6 Å². The molecule has 0 aliphatic carbocycles. The van der Waals surface area contributed by atoms with Crippen LogP contribution in [0.25, 0.3) is 10.8 Å². The zero-order valence-electron chi connectivity index (χ0n) is 23.4.